The quantitative estimate of drug-likeness (QED) is 0.308. The molecule has 0 unspecified atom stereocenters. The molecule has 0 aromatic heterocycles. The molecule has 4 saturated carbocycles. The standard InChI is InChI=1S/C37H60N6O5/c1-7-24-20-37(24,31(47)40-32(48)42-18-11-12-19-42)41-28(44)25-21-36(34(5,6)35(36)16-13-17-35)22-43(25)30(46)27(33(2,3)4)39-29(45)26(38)23-14-9-8-10-15-23/h23-27H,7-22,38H2,1-6H3,(H,39,45)(H,41,44)(H,40,47,48)/t24-,25+,26+,27-,36-,37-/m1/s1. The van der Waals surface area contributed by atoms with Gasteiger partial charge in [-0.15, -0.1) is 0 Å². The van der Waals surface area contributed by atoms with Crippen LogP contribution in [0.5, 0.6) is 0 Å². The summed E-state index contributed by atoms with van der Waals surface area (Å²) in [7, 11) is 0. The minimum absolute atomic E-state index is 0.0433. The Morgan fingerprint density at radius 2 is 1.54 bits per heavy atom. The van der Waals surface area contributed by atoms with Gasteiger partial charge in [-0.05, 0) is 79.4 Å². The first-order valence-corrected chi connectivity index (χ1v) is 18.8. The third kappa shape index (κ3) is 5.45. The van der Waals surface area contributed by atoms with E-state index < -0.39 is 41.0 Å². The number of imide groups is 1. The summed E-state index contributed by atoms with van der Waals surface area (Å²) >= 11 is 0. The Labute approximate surface area is 286 Å². The lowest BCUT2D eigenvalue weighted by Crippen LogP contribution is -2.62. The molecule has 268 valence electrons. The van der Waals surface area contributed by atoms with Crippen molar-refractivity contribution in [3.05, 3.63) is 0 Å². The Hall–Kier alpha value is -2.69. The molecule has 2 aliphatic heterocycles. The maximum absolute atomic E-state index is 14.8. The van der Waals surface area contributed by atoms with E-state index >= 15 is 0 Å². The van der Waals surface area contributed by atoms with Crippen LogP contribution in [0.2, 0.25) is 0 Å². The van der Waals surface area contributed by atoms with Crippen LogP contribution >= 0.6 is 0 Å². The number of rotatable bonds is 8. The second-order valence-corrected chi connectivity index (χ2v) is 17.8. The highest BCUT2D eigenvalue weighted by atomic mass is 16.2. The molecule has 2 heterocycles. The van der Waals surface area contributed by atoms with Gasteiger partial charge in [0.25, 0.3) is 5.91 Å². The predicted molar refractivity (Wildman–Crippen MR) is 182 cm³/mol. The van der Waals surface area contributed by atoms with E-state index in [0.29, 0.717) is 38.9 Å². The van der Waals surface area contributed by atoms with E-state index in [9.17, 15) is 24.0 Å². The number of carbonyl (C=O) groups excluding carboxylic acids is 5. The van der Waals surface area contributed by atoms with Gasteiger partial charge in [-0.3, -0.25) is 24.5 Å². The number of urea groups is 1. The Balaban J connectivity index is 1.25. The van der Waals surface area contributed by atoms with Crippen molar-refractivity contribution in [2.24, 2.45) is 39.2 Å². The van der Waals surface area contributed by atoms with Crippen LogP contribution in [0.3, 0.4) is 0 Å². The molecule has 0 radical (unpaired) electrons. The van der Waals surface area contributed by atoms with Crippen molar-refractivity contribution < 1.29 is 24.0 Å². The van der Waals surface area contributed by atoms with Gasteiger partial charge in [0.05, 0.1) is 6.04 Å². The summed E-state index contributed by atoms with van der Waals surface area (Å²) in [6, 6.07) is -2.76. The number of hydrogen-bond acceptors (Lipinski definition) is 6. The van der Waals surface area contributed by atoms with Crippen molar-refractivity contribution in [1.29, 1.82) is 0 Å². The van der Waals surface area contributed by atoms with Gasteiger partial charge in [0.1, 0.15) is 17.6 Å². The molecule has 6 amide bonds. The van der Waals surface area contributed by atoms with Gasteiger partial charge in [0.2, 0.25) is 17.7 Å². The first-order chi connectivity index (χ1) is 22.5. The van der Waals surface area contributed by atoms with Crippen LogP contribution in [-0.4, -0.2) is 82.8 Å². The fourth-order valence-corrected chi connectivity index (χ4v) is 10.6. The number of amides is 6. The Morgan fingerprint density at radius 3 is 2.06 bits per heavy atom. The van der Waals surface area contributed by atoms with Crippen LogP contribution in [-0.2, 0) is 19.2 Å². The molecule has 4 aliphatic carbocycles. The van der Waals surface area contributed by atoms with Crippen molar-refractivity contribution in [3.8, 4) is 0 Å². The topological polar surface area (TPSA) is 154 Å². The number of nitrogens with one attached hydrogen (secondary N) is 3. The van der Waals surface area contributed by atoms with E-state index in [4.69, 9.17) is 5.73 Å². The van der Waals surface area contributed by atoms with E-state index in [-0.39, 0.29) is 45.8 Å². The molecular formula is C37H60N6O5. The summed E-state index contributed by atoms with van der Waals surface area (Å²) in [5, 5.41) is 8.74. The number of likely N-dealkylation sites (tertiary alicyclic amines) is 2. The smallest absolute Gasteiger partial charge is 0.324 e. The Morgan fingerprint density at radius 1 is 0.896 bits per heavy atom. The molecule has 48 heavy (non-hydrogen) atoms. The summed E-state index contributed by atoms with van der Waals surface area (Å²) in [5.41, 5.74) is 4.52. The van der Waals surface area contributed by atoms with Crippen LogP contribution < -0.4 is 21.7 Å². The molecule has 0 bridgehead atoms. The van der Waals surface area contributed by atoms with Gasteiger partial charge < -0.3 is 26.2 Å². The normalized spacial score (nSPS) is 33.1. The maximum atomic E-state index is 14.8. The van der Waals surface area contributed by atoms with Gasteiger partial charge >= 0.3 is 6.03 Å². The van der Waals surface area contributed by atoms with E-state index in [1.165, 1.54) is 0 Å². The average Bonchev–Trinajstić information content (AvgIpc) is 3.50. The van der Waals surface area contributed by atoms with Gasteiger partial charge in [0.15, 0.2) is 0 Å². The third-order valence-corrected chi connectivity index (χ3v) is 14.2. The molecule has 6 atom stereocenters. The molecule has 6 rings (SSSR count). The van der Waals surface area contributed by atoms with Crippen molar-refractivity contribution in [3.63, 3.8) is 0 Å². The van der Waals surface area contributed by atoms with E-state index in [2.05, 4.69) is 29.8 Å². The summed E-state index contributed by atoms with van der Waals surface area (Å²) in [4.78, 5) is 72.8. The molecule has 0 aromatic rings. The zero-order chi connectivity index (χ0) is 34.9. The van der Waals surface area contributed by atoms with Gasteiger partial charge in [-0.1, -0.05) is 73.6 Å². The molecule has 11 nitrogen and oxygen atoms in total. The lowest BCUT2D eigenvalue weighted by atomic mass is 9.73. The largest absolute Gasteiger partial charge is 0.342 e. The zero-order valence-electron chi connectivity index (χ0n) is 30.2. The second-order valence-electron chi connectivity index (χ2n) is 17.8. The van der Waals surface area contributed by atoms with Gasteiger partial charge in [-0.25, -0.2) is 4.79 Å². The number of nitrogens with two attached hydrogens (primary N) is 1. The van der Waals surface area contributed by atoms with Crippen molar-refractivity contribution in [2.75, 3.05) is 19.6 Å². The SMILES string of the molecule is CC[C@@H]1C[C@]1(NC(=O)[C@@H]1C[C@@]2(CN1C(=O)[C@@H](NC(=O)[C@@H](N)C1CCCCC1)C(C)(C)C)C(C)(C)C21CCC1)C(=O)NC(=O)N1CCCC1. The third-order valence-electron chi connectivity index (χ3n) is 14.2. The Kier molecular flexibility index (Phi) is 8.98. The second kappa shape index (κ2) is 12.3. The predicted octanol–water partition coefficient (Wildman–Crippen LogP) is 3.84. The molecule has 2 spiro atoms. The van der Waals surface area contributed by atoms with Crippen LogP contribution in [0.15, 0.2) is 0 Å². The molecule has 6 aliphatic rings. The number of carbonyl (C=O) groups is 5. The fourth-order valence-electron chi connectivity index (χ4n) is 10.6. The number of hydrogen-bond donors (Lipinski definition) is 4. The fraction of sp³-hybridized carbons (Fsp3) is 0.865. The van der Waals surface area contributed by atoms with E-state index in [1.807, 2.05) is 27.7 Å². The van der Waals surface area contributed by atoms with Crippen molar-refractivity contribution in [1.82, 2.24) is 25.8 Å². The monoisotopic (exact) mass is 668 g/mol. The van der Waals surface area contributed by atoms with Crippen LogP contribution in [0.4, 0.5) is 4.79 Å². The van der Waals surface area contributed by atoms with Crippen LogP contribution in [0, 0.1) is 33.5 Å². The van der Waals surface area contributed by atoms with Crippen LogP contribution in [0.25, 0.3) is 0 Å². The molecule has 2 saturated heterocycles. The number of nitrogens with zero attached hydrogens (tertiary/aromatic N) is 2. The summed E-state index contributed by atoms with van der Waals surface area (Å²) in [6.07, 6.45) is 11.9. The highest BCUT2D eigenvalue weighted by Crippen LogP contribution is 2.88. The molecule has 6 fully saturated rings. The maximum Gasteiger partial charge on any atom is 0.324 e. The minimum Gasteiger partial charge on any atom is -0.342 e. The van der Waals surface area contributed by atoms with E-state index in [0.717, 1.165) is 64.2 Å². The highest BCUT2D eigenvalue weighted by molar-refractivity contribution is 6.04. The first-order valence-electron chi connectivity index (χ1n) is 18.8. The average molecular weight is 669 g/mol. The lowest BCUT2D eigenvalue weighted by Gasteiger charge is -2.37. The zero-order valence-corrected chi connectivity index (χ0v) is 30.2. The summed E-state index contributed by atoms with van der Waals surface area (Å²) < 4.78 is 0. The number of fused-ring (bicyclic) bond motifs is 1. The van der Waals surface area contributed by atoms with Gasteiger partial charge in [-0.2, -0.15) is 0 Å². The summed E-state index contributed by atoms with van der Waals surface area (Å²) in [5.74, 6) is -1.40. The lowest BCUT2D eigenvalue weighted by molar-refractivity contribution is -0.145. The van der Waals surface area contributed by atoms with Crippen molar-refractivity contribution in [2.45, 2.75) is 149 Å². The highest BCUT2D eigenvalue weighted by Gasteiger charge is 2.85. The Bertz CT molecular complexity index is 1330. The first kappa shape index (κ1) is 35.1. The van der Waals surface area contributed by atoms with Crippen molar-refractivity contribution >= 4 is 29.7 Å². The molecule has 11 heteroatoms. The van der Waals surface area contributed by atoms with Gasteiger partial charge in [0, 0.05) is 25.0 Å². The molecule has 0 aromatic carbocycles. The minimum atomic E-state index is -1.18. The molecular weight excluding hydrogens is 608 g/mol. The summed E-state index contributed by atoms with van der Waals surface area (Å²) in [6.45, 7) is 14.0. The van der Waals surface area contributed by atoms with Crippen LogP contribution in [0.1, 0.15) is 125 Å². The van der Waals surface area contributed by atoms with E-state index in [1.54, 1.807) is 9.80 Å². The molecule has 5 N–H and O–H groups in total.